The third-order valence-electron chi connectivity index (χ3n) is 8.75. The lowest BCUT2D eigenvalue weighted by Crippen LogP contribution is -2.59. The quantitative estimate of drug-likeness (QED) is 0.304. The summed E-state index contributed by atoms with van der Waals surface area (Å²) < 4.78 is 6.07. The third-order valence-corrected chi connectivity index (χ3v) is 8.75. The maximum atomic E-state index is 14.1. The van der Waals surface area contributed by atoms with Gasteiger partial charge in [-0.1, -0.05) is 63.8 Å². The molecule has 11 nitrogen and oxygen atoms in total. The number of carbonyl (C=O) groups excluding carboxylic acids is 6. The van der Waals surface area contributed by atoms with Crippen LogP contribution in [0.3, 0.4) is 0 Å². The number of nitrogens with one attached hydrogen (secondary N) is 4. The molecule has 0 saturated heterocycles. The van der Waals surface area contributed by atoms with Gasteiger partial charge >= 0.3 is 0 Å². The highest BCUT2D eigenvalue weighted by molar-refractivity contribution is 6.38. The van der Waals surface area contributed by atoms with Crippen LogP contribution < -0.4 is 26.0 Å². The molecule has 3 aliphatic rings. The van der Waals surface area contributed by atoms with Crippen molar-refractivity contribution in [3.63, 3.8) is 0 Å². The molecule has 2 aromatic carbocycles. The van der Waals surface area contributed by atoms with Gasteiger partial charge in [-0.2, -0.15) is 0 Å². The Morgan fingerprint density at radius 3 is 2.30 bits per heavy atom. The molecule has 1 fully saturated rings. The van der Waals surface area contributed by atoms with Gasteiger partial charge in [0.1, 0.15) is 29.4 Å². The average Bonchev–Trinajstić information content (AvgIpc) is 3.06. The summed E-state index contributed by atoms with van der Waals surface area (Å²) in [5.41, 5.74) is 1.65. The Balaban J connectivity index is 1.67. The Labute approximate surface area is 276 Å². The van der Waals surface area contributed by atoms with E-state index < -0.39 is 47.5 Å². The number of amides is 4. The van der Waals surface area contributed by atoms with Gasteiger partial charge in [-0.15, -0.1) is 0 Å². The first-order valence-electron chi connectivity index (χ1n) is 16.6. The summed E-state index contributed by atoms with van der Waals surface area (Å²) >= 11 is 0. The number of hydrogen-bond acceptors (Lipinski definition) is 7. The summed E-state index contributed by atoms with van der Waals surface area (Å²) in [6.07, 6.45) is 5.67. The predicted molar refractivity (Wildman–Crippen MR) is 176 cm³/mol. The highest BCUT2D eigenvalue weighted by Gasteiger charge is 2.36. The molecular weight excluding hydrogens is 600 g/mol. The molecule has 2 heterocycles. The molecule has 47 heavy (non-hydrogen) atoms. The molecule has 1 aliphatic carbocycles. The standard InChI is InChI=1S/C36H46N4O7/c1-4-9-29(32(42)36(46)37-21-23(3)41)38-34(44)30-20-25-10-8-13-28(19-25)47-27-16-14-24(15-17-27)18-22(2)33(43)40-31(35(45)39-30)26-11-6-5-7-12-26/h8,10,13-17,19,22,26,29-31H,4-7,9,11-12,18,20-21H2,1-3H3,(H,37,46)(H,38,44)(H,39,45)(H,40,43). The van der Waals surface area contributed by atoms with Crippen LogP contribution in [0.5, 0.6) is 11.5 Å². The van der Waals surface area contributed by atoms with Gasteiger partial charge < -0.3 is 26.0 Å². The van der Waals surface area contributed by atoms with E-state index in [4.69, 9.17) is 4.74 Å². The predicted octanol–water partition coefficient (Wildman–Crippen LogP) is 3.32. The van der Waals surface area contributed by atoms with Gasteiger partial charge in [0.15, 0.2) is 0 Å². The molecule has 5 rings (SSSR count). The van der Waals surface area contributed by atoms with Crippen LogP contribution in [0.4, 0.5) is 0 Å². The number of hydrogen-bond donors (Lipinski definition) is 4. The third kappa shape index (κ3) is 10.2. The summed E-state index contributed by atoms with van der Waals surface area (Å²) in [6.45, 7) is 4.62. The van der Waals surface area contributed by atoms with Crippen molar-refractivity contribution in [2.24, 2.45) is 11.8 Å². The zero-order valence-corrected chi connectivity index (χ0v) is 27.4. The van der Waals surface area contributed by atoms with Gasteiger partial charge in [0.25, 0.3) is 5.91 Å². The minimum absolute atomic E-state index is 0.0546. The summed E-state index contributed by atoms with van der Waals surface area (Å²) in [5.74, 6) is -2.90. The molecule has 4 N–H and O–H groups in total. The van der Waals surface area contributed by atoms with Gasteiger partial charge in [0, 0.05) is 12.3 Å². The van der Waals surface area contributed by atoms with E-state index in [9.17, 15) is 28.8 Å². The molecule has 2 aliphatic heterocycles. The lowest BCUT2D eigenvalue weighted by Gasteiger charge is -2.32. The van der Waals surface area contributed by atoms with Crippen LogP contribution in [-0.4, -0.2) is 59.9 Å². The Bertz CT molecular complexity index is 1450. The molecule has 2 aromatic rings. The molecule has 4 atom stereocenters. The van der Waals surface area contributed by atoms with Crippen molar-refractivity contribution in [3.8, 4) is 11.5 Å². The highest BCUT2D eigenvalue weighted by atomic mass is 16.5. The zero-order chi connectivity index (χ0) is 33.9. The molecule has 0 aromatic heterocycles. The maximum absolute atomic E-state index is 14.1. The number of benzene rings is 2. The van der Waals surface area contributed by atoms with Crippen molar-refractivity contribution < 1.29 is 33.5 Å². The fourth-order valence-electron chi connectivity index (χ4n) is 6.16. The monoisotopic (exact) mass is 646 g/mol. The van der Waals surface area contributed by atoms with Crippen LogP contribution in [0, 0.1) is 11.8 Å². The summed E-state index contributed by atoms with van der Waals surface area (Å²) in [7, 11) is 0. The highest BCUT2D eigenvalue weighted by Crippen LogP contribution is 2.28. The lowest BCUT2D eigenvalue weighted by molar-refractivity contribution is -0.141. The number of rotatable bonds is 9. The van der Waals surface area contributed by atoms with Crippen LogP contribution >= 0.6 is 0 Å². The van der Waals surface area contributed by atoms with Gasteiger partial charge in [-0.25, -0.2) is 0 Å². The number of fused-ring (bicyclic) bond motifs is 10. The van der Waals surface area contributed by atoms with Crippen molar-refractivity contribution in [2.75, 3.05) is 6.54 Å². The van der Waals surface area contributed by atoms with Crippen molar-refractivity contribution in [2.45, 2.75) is 96.7 Å². The molecule has 0 radical (unpaired) electrons. The zero-order valence-electron chi connectivity index (χ0n) is 27.4. The van der Waals surface area contributed by atoms with Crippen molar-refractivity contribution in [3.05, 3.63) is 59.7 Å². The number of Topliss-reactive ketones (excluding diaryl/α,β-unsaturated/α-hetero) is 2. The van der Waals surface area contributed by atoms with E-state index in [-0.39, 0.29) is 37.0 Å². The second kappa shape index (κ2) is 16.9. The van der Waals surface area contributed by atoms with Gasteiger partial charge in [-0.3, -0.25) is 28.8 Å². The minimum atomic E-state index is -1.16. The van der Waals surface area contributed by atoms with Crippen LogP contribution in [-0.2, 0) is 41.6 Å². The fraction of sp³-hybridized carbons (Fsp3) is 0.500. The second-order valence-electron chi connectivity index (χ2n) is 12.7. The van der Waals surface area contributed by atoms with Crippen LogP contribution in [0.25, 0.3) is 0 Å². The van der Waals surface area contributed by atoms with E-state index in [1.807, 2.05) is 44.2 Å². The minimum Gasteiger partial charge on any atom is -0.457 e. The van der Waals surface area contributed by atoms with Crippen molar-refractivity contribution >= 4 is 35.2 Å². The topological polar surface area (TPSA) is 160 Å². The van der Waals surface area contributed by atoms with Crippen LogP contribution in [0.15, 0.2) is 48.5 Å². The first-order chi connectivity index (χ1) is 22.5. The molecule has 4 bridgehead atoms. The molecule has 4 amide bonds. The van der Waals surface area contributed by atoms with Crippen molar-refractivity contribution in [1.29, 1.82) is 0 Å². The Morgan fingerprint density at radius 1 is 0.894 bits per heavy atom. The van der Waals surface area contributed by atoms with Crippen LogP contribution in [0.2, 0.25) is 0 Å². The maximum Gasteiger partial charge on any atom is 0.289 e. The molecule has 252 valence electrons. The van der Waals surface area contributed by atoms with E-state index >= 15 is 0 Å². The Morgan fingerprint density at radius 2 is 1.62 bits per heavy atom. The largest absolute Gasteiger partial charge is 0.457 e. The van der Waals surface area contributed by atoms with Crippen molar-refractivity contribution in [1.82, 2.24) is 21.3 Å². The Hall–Kier alpha value is -4.54. The van der Waals surface area contributed by atoms with Gasteiger partial charge in [-0.05, 0) is 73.9 Å². The molecule has 0 spiro atoms. The van der Waals surface area contributed by atoms with E-state index in [2.05, 4.69) is 21.3 Å². The summed E-state index contributed by atoms with van der Waals surface area (Å²) in [5, 5.41) is 10.9. The normalized spacial score (nSPS) is 21.3. The van der Waals surface area contributed by atoms with Gasteiger partial charge in [0.05, 0.1) is 12.6 Å². The van der Waals surface area contributed by atoms with Gasteiger partial charge in [0.2, 0.25) is 23.5 Å². The lowest BCUT2D eigenvalue weighted by atomic mass is 9.83. The van der Waals surface area contributed by atoms with E-state index in [0.717, 1.165) is 37.7 Å². The first kappa shape index (κ1) is 35.3. The van der Waals surface area contributed by atoms with Crippen LogP contribution in [0.1, 0.15) is 76.8 Å². The second-order valence-corrected chi connectivity index (χ2v) is 12.7. The van der Waals surface area contributed by atoms with E-state index in [0.29, 0.717) is 29.9 Å². The number of ether oxygens (including phenoxy) is 1. The van der Waals surface area contributed by atoms with E-state index in [1.54, 1.807) is 18.2 Å². The van der Waals surface area contributed by atoms with E-state index in [1.165, 1.54) is 6.92 Å². The number of carbonyl (C=O) groups is 6. The molecule has 11 heteroatoms. The number of ketones is 2. The molecular formula is C36H46N4O7. The Kier molecular flexibility index (Phi) is 12.7. The molecule has 1 saturated carbocycles. The summed E-state index contributed by atoms with van der Waals surface area (Å²) in [6, 6.07) is 11.5. The molecule has 4 unspecified atom stereocenters. The average molecular weight is 647 g/mol. The summed E-state index contributed by atoms with van der Waals surface area (Å²) in [4.78, 5) is 78.3. The smallest absolute Gasteiger partial charge is 0.289 e. The first-order valence-corrected chi connectivity index (χ1v) is 16.6. The fourth-order valence-corrected chi connectivity index (χ4v) is 6.16. The SMILES string of the molecule is CCCC(NC(=O)C1Cc2cccc(c2)Oc2ccc(cc2)CC(C)C(=O)NC(C2CCCCC2)C(=O)N1)C(=O)C(=O)NCC(C)=O.